The zero-order chi connectivity index (χ0) is 33.2. The van der Waals surface area contributed by atoms with Crippen LogP contribution in [0.4, 0.5) is 11.6 Å². The van der Waals surface area contributed by atoms with Gasteiger partial charge in [0.15, 0.2) is 11.6 Å². The predicted molar refractivity (Wildman–Crippen MR) is 182 cm³/mol. The molecule has 1 amide bonds. The normalized spacial score (nSPS) is 10.2. The number of carbonyl (C=O) groups is 3. The van der Waals surface area contributed by atoms with Crippen molar-refractivity contribution in [1.82, 2.24) is 29.9 Å². The Hall–Kier alpha value is -5.21. The van der Waals surface area contributed by atoms with Crippen molar-refractivity contribution in [2.24, 2.45) is 0 Å². The number of benzene rings is 2. The number of fused-ring (bicyclic) bond motifs is 2. The van der Waals surface area contributed by atoms with Gasteiger partial charge in [0.05, 0.1) is 11.0 Å². The minimum atomic E-state index is -0.562. The molecule has 0 aliphatic rings. The van der Waals surface area contributed by atoms with E-state index in [1.54, 1.807) is 24.8 Å². The number of hydrogen-bond donors (Lipinski definition) is 2. The Morgan fingerprint density at radius 1 is 0.696 bits per heavy atom. The first-order chi connectivity index (χ1) is 22.0. The van der Waals surface area contributed by atoms with Crippen LogP contribution in [0, 0.1) is 0 Å². The highest BCUT2D eigenvalue weighted by Gasteiger charge is 2.11. The fraction of sp³-hybridized carbons (Fsp3) is 0.0938. The van der Waals surface area contributed by atoms with E-state index in [1.807, 2.05) is 60.7 Å². The Morgan fingerprint density at radius 3 is 1.65 bits per heavy atom. The zero-order valence-corrected chi connectivity index (χ0v) is 27.9. The molecule has 6 aromatic rings. The van der Waals surface area contributed by atoms with Crippen molar-refractivity contribution < 1.29 is 19.1 Å². The number of nitrogens with two attached hydrogens (primary N) is 1. The second kappa shape index (κ2) is 15.7. The molecule has 12 nitrogen and oxygen atoms in total. The second-order valence-electron chi connectivity index (χ2n) is 9.40. The van der Waals surface area contributed by atoms with Crippen LogP contribution in [0.2, 0.25) is 0 Å². The third kappa shape index (κ3) is 9.39. The first-order valence-corrected chi connectivity index (χ1v) is 15.1. The van der Waals surface area contributed by atoms with Gasteiger partial charge in [-0.25, -0.2) is 19.9 Å². The van der Waals surface area contributed by atoms with E-state index in [4.69, 9.17) is 5.73 Å². The summed E-state index contributed by atoms with van der Waals surface area (Å²) in [6, 6.07) is 18.9. The van der Waals surface area contributed by atoms with E-state index >= 15 is 0 Å². The maximum absolute atomic E-state index is 11.4. The lowest BCUT2D eigenvalue weighted by Crippen LogP contribution is -2.09. The molecule has 0 saturated heterocycles. The molecule has 0 unspecified atom stereocenters. The number of amides is 1. The van der Waals surface area contributed by atoms with Crippen molar-refractivity contribution in [3.63, 3.8) is 0 Å². The summed E-state index contributed by atoms with van der Waals surface area (Å²) >= 11 is 6.83. The van der Waals surface area contributed by atoms with E-state index in [9.17, 15) is 14.4 Å². The number of aromatic nitrogens is 6. The fourth-order valence-electron chi connectivity index (χ4n) is 3.94. The molecule has 0 aliphatic heterocycles. The summed E-state index contributed by atoms with van der Waals surface area (Å²) in [7, 11) is 0. The van der Waals surface area contributed by atoms with Crippen LogP contribution in [0.25, 0.3) is 44.6 Å². The van der Waals surface area contributed by atoms with Gasteiger partial charge in [0.1, 0.15) is 11.6 Å². The van der Waals surface area contributed by atoms with Crippen LogP contribution in [0.5, 0.6) is 0 Å². The minimum absolute atomic E-state index is 0.174. The number of ether oxygens (including phenoxy) is 1. The molecule has 4 aromatic heterocycles. The molecule has 6 rings (SSSR count). The standard InChI is InChI=1S/C15H11BrN4O.C13H9BrN4.C4H6O3/c1-9(21)18-15-12-7-11(16)4-5-13(12)19-14(20-15)10-3-2-6-17-8-10;14-9-3-4-11-10(6-9)12(15)18-13(17-11)8-2-1-5-16-7-8;1-3(5)7-4(2)6/h2-8H,1H3,(H,18,19,20,21);1-7H,(H2,15,17,18);1-2H3. The molecule has 0 atom stereocenters. The van der Waals surface area contributed by atoms with Gasteiger partial charge >= 0.3 is 11.9 Å². The first kappa shape index (κ1) is 33.7. The van der Waals surface area contributed by atoms with Gasteiger partial charge in [0.25, 0.3) is 0 Å². The molecule has 14 heteroatoms. The van der Waals surface area contributed by atoms with Crippen LogP contribution >= 0.6 is 31.9 Å². The van der Waals surface area contributed by atoms with Gasteiger partial charge in [0.2, 0.25) is 5.91 Å². The van der Waals surface area contributed by atoms with E-state index in [0.717, 1.165) is 41.9 Å². The molecule has 0 aliphatic carbocycles. The fourth-order valence-corrected chi connectivity index (χ4v) is 4.66. The van der Waals surface area contributed by atoms with Crippen molar-refractivity contribution in [3.05, 3.63) is 94.4 Å². The number of nitrogen functional groups attached to an aromatic ring is 1. The van der Waals surface area contributed by atoms with Crippen molar-refractivity contribution in [2.45, 2.75) is 20.8 Å². The van der Waals surface area contributed by atoms with E-state index < -0.39 is 11.9 Å². The Kier molecular flexibility index (Phi) is 11.5. The lowest BCUT2D eigenvalue weighted by Gasteiger charge is -2.09. The molecule has 4 heterocycles. The summed E-state index contributed by atoms with van der Waals surface area (Å²) in [6.45, 7) is 3.82. The lowest BCUT2D eigenvalue weighted by molar-refractivity contribution is -0.156. The molecular weight excluding hydrogens is 720 g/mol. The molecular formula is C32H26Br2N8O4. The van der Waals surface area contributed by atoms with E-state index in [1.165, 1.54) is 20.8 Å². The maximum Gasteiger partial charge on any atom is 0.310 e. The molecule has 0 spiro atoms. The SMILES string of the molecule is CC(=O)Nc1nc(-c2cccnc2)nc2ccc(Br)cc12.CC(=O)OC(C)=O.Nc1nc(-c2cccnc2)nc2ccc(Br)cc12. The van der Waals surface area contributed by atoms with Crippen LogP contribution < -0.4 is 11.1 Å². The number of anilines is 2. The highest BCUT2D eigenvalue weighted by molar-refractivity contribution is 9.10. The monoisotopic (exact) mass is 744 g/mol. The highest BCUT2D eigenvalue weighted by Crippen LogP contribution is 2.28. The van der Waals surface area contributed by atoms with Crippen LogP contribution in [0.3, 0.4) is 0 Å². The number of pyridine rings is 2. The quantitative estimate of drug-likeness (QED) is 0.149. The highest BCUT2D eigenvalue weighted by atomic mass is 79.9. The summed E-state index contributed by atoms with van der Waals surface area (Å²) in [5.74, 6) is 0.789. The molecule has 232 valence electrons. The number of rotatable bonds is 3. The van der Waals surface area contributed by atoms with Gasteiger partial charge in [-0.15, -0.1) is 0 Å². The molecule has 2 aromatic carbocycles. The lowest BCUT2D eigenvalue weighted by atomic mass is 10.2. The molecule has 0 saturated carbocycles. The number of halogens is 2. The summed E-state index contributed by atoms with van der Waals surface area (Å²) in [6.07, 6.45) is 6.82. The first-order valence-electron chi connectivity index (χ1n) is 13.5. The van der Waals surface area contributed by atoms with Crippen LogP contribution in [0.15, 0.2) is 94.4 Å². The maximum atomic E-state index is 11.4. The van der Waals surface area contributed by atoms with Gasteiger partial charge < -0.3 is 15.8 Å². The van der Waals surface area contributed by atoms with E-state index in [0.29, 0.717) is 23.3 Å². The van der Waals surface area contributed by atoms with Crippen molar-refractivity contribution >= 4 is 83.1 Å². The summed E-state index contributed by atoms with van der Waals surface area (Å²) in [5.41, 5.74) is 9.21. The predicted octanol–water partition coefficient (Wildman–Crippen LogP) is 6.55. The summed E-state index contributed by atoms with van der Waals surface area (Å²) in [5, 5.41) is 4.38. The van der Waals surface area contributed by atoms with Gasteiger partial charge in [-0.2, -0.15) is 0 Å². The van der Waals surface area contributed by atoms with Gasteiger partial charge in [-0.05, 0) is 60.7 Å². The Balaban J connectivity index is 0.000000175. The van der Waals surface area contributed by atoms with Crippen LogP contribution in [0.1, 0.15) is 20.8 Å². The van der Waals surface area contributed by atoms with Gasteiger partial charge in [0, 0.05) is 76.4 Å². The smallest absolute Gasteiger partial charge is 0.310 e. The van der Waals surface area contributed by atoms with Crippen molar-refractivity contribution in [1.29, 1.82) is 0 Å². The number of carbonyl (C=O) groups excluding carboxylic acids is 3. The zero-order valence-electron chi connectivity index (χ0n) is 24.7. The average Bonchev–Trinajstić information content (AvgIpc) is 3.02. The van der Waals surface area contributed by atoms with Crippen molar-refractivity contribution in [2.75, 3.05) is 11.1 Å². The largest absolute Gasteiger partial charge is 0.394 e. The van der Waals surface area contributed by atoms with E-state index in [2.05, 4.69) is 71.8 Å². The van der Waals surface area contributed by atoms with Crippen LogP contribution in [-0.4, -0.2) is 47.7 Å². The van der Waals surface area contributed by atoms with Crippen LogP contribution in [-0.2, 0) is 19.1 Å². The molecule has 0 fully saturated rings. The number of hydrogen-bond acceptors (Lipinski definition) is 11. The number of nitrogens with zero attached hydrogens (tertiary/aromatic N) is 6. The third-order valence-electron chi connectivity index (χ3n) is 5.77. The van der Waals surface area contributed by atoms with Gasteiger partial charge in [-0.3, -0.25) is 24.4 Å². The molecule has 3 N–H and O–H groups in total. The average molecular weight is 746 g/mol. The van der Waals surface area contributed by atoms with Crippen molar-refractivity contribution in [3.8, 4) is 22.8 Å². The second-order valence-corrected chi connectivity index (χ2v) is 11.2. The topological polar surface area (TPSA) is 176 Å². The van der Waals surface area contributed by atoms with Gasteiger partial charge in [-0.1, -0.05) is 31.9 Å². The molecule has 0 radical (unpaired) electrons. The minimum Gasteiger partial charge on any atom is -0.394 e. The third-order valence-corrected chi connectivity index (χ3v) is 6.75. The number of nitrogens with one attached hydrogen (secondary N) is 1. The Morgan fingerprint density at radius 2 is 1.20 bits per heavy atom. The van der Waals surface area contributed by atoms with E-state index in [-0.39, 0.29) is 5.91 Å². The molecule has 46 heavy (non-hydrogen) atoms. The Labute approximate surface area is 280 Å². The molecule has 0 bridgehead atoms. The Bertz CT molecular complexity index is 2020. The number of esters is 2. The summed E-state index contributed by atoms with van der Waals surface area (Å²) < 4.78 is 5.83. The summed E-state index contributed by atoms with van der Waals surface area (Å²) in [4.78, 5) is 56.9.